The van der Waals surface area contributed by atoms with Crippen LogP contribution in [0.1, 0.15) is 12.5 Å². The molecule has 0 aliphatic carbocycles. The van der Waals surface area contributed by atoms with E-state index in [9.17, 15) is 14.9 Å². The Kier molecular flexibility index (Phi) is 3.12. The lowest BCUT2D eigenvalue weighted by Crippen LogP contribution is -1.88. The summed E-state index contributed by atoms with van der Waals surface area (Å²) in [7, 11) is 0. The first-order valence-corrected chi connectivity index (χ1v) is 4.02. The molecule has 0 heterocycles. The molecule has 0 saturated heterocycles. The van der Waals surface area contributed by atoms with Gasteiger partial charge in [0.2, 0.25) is 0 Å². The predicted octanol–water partition coefficient (Wildman–Crippen LogP) is 2.20. The summed E-state index contributed by atoms with van der Waals surface area (Å²) in [6.07, 6.45) is 2.11. The minimum absolute atomic E-state index is 0.0488. The summed E-state index contributed by atoms with van der Waals surface area (Å²) in [5.74, 6) is 0. The summed E-state index contributed by atoms with van der Waals surface area (Å²) in [6.45, 7) is 1.77. The number of non-ortho nitro benzene ring substituents is 1. The van der Waals surface area contributed by atoms with Gasteiger partial charge in [-0.2, -0.15) is 0 Å². The third-order valence-corrected chi connectivity index (χ3v) is 1.85. The number of rotatable bonds is 3. The van der Waals surface area contributed by atoms with Gasteiger partial charge in [-0.25, -0.2) is 0 Å². The van der Waals surface area contributed by atoms with Crippen molar-refractivity contribution in [2.45, 2.75) is 6.92 Å². The zero-order valence-corrected chi connectivity index (χ0v) is 7.64. The average Bonchev–Trinajstić information content (AvgIpc) is 2.18. The van der Waals surface area contributed by atoms with E-state index in [2.05, 4.69) is 0 Å². The van der Waals surface area contributed by atoms with Crippen molar-refractivity contribution in [3.05, 3.63) is 46.0 Å². The molecule has 0 N–H and O–H groups in total. The second-order valence-corrected chi connectivity index (χ2v) is 2.79. The van der Waals surface area contributed by atoms with Crippen molar-refractivity contribution in [2.75, 3.05) is 0 Å². The van der Waals surface area contributed by atoms with Gasteiger partial charge in [0.15, 0.2) is 0 Å². The Balaban J connectivity index is 2.99. The molecule has 4 nitrogen and oxygen atoms in total. The Hall–Kier alpha value is -1.97. The van der Waals surface area contributed by atoms with Gasteiger partial charge in [0.1, 0.15) is 6.29 Å². The average molecular weight is 191 g/mol. The maximum atomic E-state index is 10.3. The Morgan fingerprint density at radius 1 is 1.36 bits per heavy atom. The largest absolute Gasteiger partial charge is 0.299 e. The Labute approximate surface area is 81.0 Å². The van der Waals surface area contributed by atoms with Crippen molar-refractivity contribution in [1.82, 2.24) is 0 Å². The van der Waals surface area contributed by atoms with Crippen LogP contribution in [-0.4, -0.2) is 11.2 Å². The van der Waals surface area contributed by atoms with E-state index in [1.807, 2.05) is 0 Å². The Morgan fingerprint density at radius 3 is 2.36 bits per heavy atom. The first-order valence-electron chi connectivity index (χ1n) is 4.02. The van der Waals surface area contributed by atoms with Crippen LogP contribution in [0.15, 0.2) is 30.3 Å². The Morgan fingerprint density at radius 2 is 1.93 bits per heavy atom. The van der Waals surface area contributed by atoms with Crippen LogP contribution >= 0.6 is 0 Å². The van der Waals surface area contributed by atoms with Crippen LogP contribution in [0.25, 0.3) is 5.57 Å². The van der Waals surface area contributed by atoms with Crippen molar-refractivity contribution in [3.63, 3.8) is 0 Å². The first kappa shape index (κ1) is 10.1. The highest BCUT2D eigenvalue weighted by molar-refractivity contribution is 5.80. The van der Waals surface area contributed by atoms with Gasteiger partial charge in [-0.05, 0) is 36.3 Å². The minimum Gasteiger partial charge on any atom is -0.299 e. The molecule has 4 heteroatoms. The molecule has 0 atom stereocenters. The molecule has 0 bridgehead atoms. The van der Waals surface area contributed by atoms with Crippen LogP contribution in [0, 0.1) is 10.1 Å². The topological polar surface area (TPSA) is 60.2 Å². The van der Waals surface area contributed by atoms with Crippen molar-refractivity contribution in [3.8, 4) is 0 Å². The van der Waals surface area contributed by atoms with Crippen LogP contribution in [0.2, 0.25) is 0 Å². The molecule has 1 aromatic carbocycles. The smallest absolute Gasteiger partial charge is 0.269 e. The van der Waals surface area contributed by atoms with E-state index < -0.39 is 4.92 Å². The van der Waals surface area contributed by atoms with Crippen molar-refractivity contribution in [1.29, 1.82) is 0 Å². The molecule has 0 aliphatic heterocycles. The highest BCUT2D eigenvalue weighted by Crippen LogP contribution is 2.17. The number of allylic oxidation sites excluding steroid dienone is 2. The number of nitro groups is 1. The highest BCUT2D eigenvalue weighted by atomic mass is 16.6. The van der Waals surface area contributed by atoms with Crippen LogP contribution < -0.4 is 0 Å². The van der Waals surface area contributed by atoms with Gasteiger partial charge in [-0.15, -0.1) is 0 Å². The van der Waals surface area contributed by atoms with E-state index in [4.69, 9.17) is 0 Å². The molecule has 14 heavy (non-hydrogen) atoms. The SMILES string of the molecule is CC(=CC=O)c1ccc([N+](=O)[O-])cc1. The zero-order valence-electron chi connectivity index (χ0n) is 7.64. The van der Waals surface area contributed by atoms with Gasteiger partial charge < -0.3 is 0 Å². The third-order valence-electron chi connectivity index (χ3n) is 1.85. The summed E-state index contributed by atoms with van der Waals surface area (Å²) in [5.41, 5.74) is 1.64. The van der Waals surface area contributed by atoms with Gasteiger partial charge in [0.05, 0.1) is 4.92 Å². The number of nitrogens with zero attached hydrogens (tertiary/aromatic N) is 1. The van der Waals surface area contributed by atoms with E-state index in [-0.39, 0.29) is 5.69 Å². The van der Waals surface area contributed by atoms with Crippen molar-refractivity contribution < 1.29 is 9.72 Å². The van der Waals surface area contributed by atoms with Gasteiger partial charge >= 0.3 is 0 Å². The fraction of sp³-hybridized carbons (Fsp3) is 0.100. The van der Waals surface area contributed by atoms with Crippen molar-refractivity contribution in [2.24, 2.45) is 0 Å². The molecule has 0 aromatic heterocycles. The quantitative estimate of drug-likeness (QED) is 0.318. The van der Waals surface area contributed by atoms with Crippen LogP contribution in [0.3, 0.4) is 0 Å². The molecule has 0 unspecified atom stereocenters. The Bertz CT molecular complexity index is 379. The number of nitro benzene ring substituents is 1. The molecular formula is C10H9NO3. The molecule has 0 spiro atoms. The van der Waals surface area contributed by atoms with E-state index in [1.165, 1.54) is 18.2 Å². The highest BCUT2D eigenvalue weighted by Gasteiger charge is 2.03. The number of benzene rings is 1. The summed E-state index contributed by atoms with van der Waals surface area (Å²) in [5, 5.41) is 10.3. The van der Waals surface area contributed by atoms with Crippen LogP contribution in [0.5, 0.6) is 0 Å². The van der Waals surface area contributed by atoms with E-state index >= 15 is 0 Å². The number of hydrogen-bond donors (Lipinski definition) is 0. The molecule has 0 amide bonds. The van der Waals surface area contributed by atoms with Gasteiger partial charge in [0.25, 0.3) is 5.69 Å². The second kappa shape index (κ2) is 4.32. The molecule has 0 radical (unpaired) electrons. The lowest BCUT2D eigenvalue weighted by atomic mass is 10.1. The van der Waals surface area contributed by atoms with Crippen molar-refractivity contribution >= 4 is 17.5 Å². The van der Waals surface area contributed by atoms with Crippen LogP contribution in [-0.2, 0) is 4.79 Å². The summed E-state index contributed by atoms with van der Waals surface area (Å²) in [6, 6.07) is 6.07. The normalized spacial score (nSPS) is 11.1. The molecule has 0 aliphatic rings. The summed E-state index contributed by atoms with van der Waals surface area (Å²) in [4.78, 5) is 20.1. The van der Waals surface area contributed by atoms with Gasteiger partial charge in [0, 0.05) is 12.1 Å². The summed E-state index contributed by atoms with van der Waals surface area (Å²) >= 11 is 0. The molecular weight excluding hydrogens is 182 g/mol. The number of carbonyl (C=O) groups is 1. The summed E-state index contributed by atoms with van der Waals surface area (Å²) < 4.78 is 0. The number of aldehydes is 1. The third kappa shape index (κ3) is 2.26. The van der Waals surface area contributed by atoms with E-state index in [0.717, 1.165) is 11.1 Å². The maximum Gasteiger partial charge on any atom is 0.269 e. The molecule has 0 saturated carbocycles. The van der Waals surface area contributed by atoms with E-state index in [0.29, 0.717) is 6.29 Å². The van der Waals surface area contributed by atoms with E-state index in [1.54, 1.807) is 19.1 Å². The lowest BCUT2D eigenvalue weighted by molar-refractivity contribution is -0.384. The maximum absolute atomic E-state index is 10.3. The fourth-order valence-corrected chi connectivity index (χ4v) is 1.04. The number of hydrogen-bond acceptors (Lipinski definition) is 3. The van der Waals surface area contributed by atoms with Crippen LogP contribution in [0.4, 0.5) is 5.69 Å². The van der Waals surface area contributed by atoms with Gasteiger partial charge in [-0.1, -0.05) is 0 Å². The first-order chi connectivity index (χ1) is 6.65. The molecule has 1 rings (SSSR count). The lowest BCUT2D eigenvalue weighted by Gasteiger charge is -1.98. The minimum atomic E-state index is -0.456. The molecule has 0 fully saturated rings. The second-order valence-electron chi connectivity index (χ2n) is 2.79. The predicted molar refractivity (Wildman–Crippen MR) is 52.8 cm³/mol. The fourth-order valence-electron chi connectivity index (χ4n) is 1.04. The van der Waals surface area contributed by atoms with Gasteiger partial charge in [-0.3, -0.25) is 14.9 Å². The monoisotopic (exact) mass is 191 g/mol. The zero-order chi connectivity index (χ0) is 10.6. The standard InChI is InChI=1S/C10H9NO3/c1-8(6-7-12)9-2-4-10(5-3-9)11(13)14/h2-7H,1H3. The molecule has 72 valence electrons. The number of carbonyl (C=O) groups excluding carboxylic acids is 1. The molecule has 1 aromatic rings.